The first-order chi connectivity index (χ1) is 29.6. The summed E-state index contributed by atoms with van der Waals surface area (Å²) in [5, 5.41) is 30.3. The Morgan fingerprint density at radius 3 is 2.41 bits per heavy atom. The van der Waals surface area contributed by atoms with E-state index in [1.807, 2.05) is 54.6 Å². The highest BCUT2D eigenvalue weighted by Gasteiger charge is 2.37. The normalized spacial score (nSPS) is 18.4. The number of aromatic amines is 1. The van der Waals surface area contributed by atoms with Crippen LogP contribution in [0.4, 0.5) is 4.79 Å². The van der Waals surface area contributed by atoms with Gasteiger partial charge < -0.3 is 45.4 Å². The molecule has 3 aliphatic heterocycles. The fourth-order valence-electron chi connectivity index (χ4n) is 7.93. The second-order valence-corrected chi connectivity index (χ2v) is 15.7. The highest BCUT2D eigenvalue weighted by molar-refractivity contribution is 5.96. The van der Waals surface area contributed by atoms with Crippen molar-refractivity contribution in [1.29, 1.82) is 0 Å². The Balaban J connectivity index is 0.822. The van der Waals surface area contributed by atoms with Crippen LogP contribution in [0.15, 0.2) is 108 Å². The number of fused-ring (bicyclic) bond motifs is 4. The van der Waals surface area contributed by atoms with Gasteiger partial charge in [-0.05, 0) is 117 Å². The molecule has 4 heterocycles. The van der Waals surface area contributed by atoms with Crippen molar-refractivity contribution in [2.24, 2.45) is 5.92 Å². The zero-order valence-electron chi connectivity index (χ0n) is 34.2. The van der Waals surface area contributed by atoms with E-state index in [-0.39, 0.29) is 42.7 Å². The summed E-state index contributed by atoms with van der Waals surface area (Å²) in [6.07, 6.45) is 1.95. The summed E-state index contributed by atoms with van der Waals surface area (Å²) in [7, 11) is 0. The minimum absolute atomic E-state index is 0.0702. The molecule has 0 aliphatic carbocycles. The number of aliphatic hydroxyl groups is 1. The number of piperidine rings is 3. The number of alkyl carbamates (subject to hydrolysis) is 1. The summed E-state index contributed by atoms with van der Waals surface area (Å²) < 4.78 is 17.5. The number of aromatic hydroxyl groups is 1. The van der Waals surface area contributed by atoms with Crippen LogP contribution in [0, 0.1) is 5.92 Å². The minimum atomic E-state index is -0.870. The van der Waals surface area contributed by atoms with Crippen molar-refractivity contribution < 1.29 is 38.8 Å². The molecule has 1 unspecified atom stereocenters. The largest absolute Gasteiger partial charge is 0.506 e. The third-order valence-electron chi connectivity index (χ3n) is 11.4. The average molecular weight is 832 g/mol. The van der Waals surface area contributed by atoms with Gasteiger partial charge in [0.25, 0.3) is 5.91 Å². The van der Waals surface area contributed by atoms with Crippen molar-refractivity contribution in [3.05, 3.63) is 141 Å². The van der Waals surface area contributed by atoms with E-state index in [1.54, 1.807) is 43.3 Å². The van der Waals surface area contributed by atoms with E-state index in [9.17, 15) is 29.4 Å². The summed E-state index contributed by atoms with van der Waals surface area (Å²) in [5.74, 6) is 0.00170. The van der Waals surface area contributed by atoms with Gasteiger partial charge in [-0.3, -0.25) is 14.5 Å². The number of ether oxygens (including phenoxy) is 3. The van der Waals surface area contributed by atoms with Crippen molar-refractivity contribution in [1.82, 2.24) is 25.8 Å². The van der Waals surface area contributed by atoms with Crippen LogP contribution in [0.3, 0.4) is 0 Å². The van der Waals surface area contributed by atoms with Crippen LogP contribution in [0.1, 0.15) is 77.4 Å². The number of carbonyl (C=O) groups is 3. The first-order valence-corrected chi connectivity index (χ1v) is 20.9. The van der Waals surface area contributed by atoms with E-state index < -0.39 is 36.2 Å². The van der Waals surface area contributed by atoms with E-state index in [0.717, 1.165) is 49.2 Å². The number of unbranched alkanes of at least 4 members (excludes halogenated alkanes) is 1. The number of esters is 1. The zero-order chi connectivity index (χ0) is 42.7. The molecule has 0 spiro atoms. The highest BCUT2D eigenvalue weighted by atomic mass is 16.6. The van der Waals surface area contributed by atoms with Gasteiger partial charge in [-0.25, -0.2) is 9.59 Å². The third kappa shape index (κ3) is 11.3. The number of phenols is 1. The first-order valence-electron chi connectivity index (χ1n) is 20.9. The number of hydrogen-bond acceptors (Lipinski definition) is 11. The fourth-order valence-corrected chi connectivity index (χ4v) is 7.93. The molecule has 2 bridgehead atoms. The van der Waals surface area contributed by atoms with Gasteiger partial charge in [-0.2, -0.15) is 0 Å². The van der Waals surface area contributed by atoms with Crippen molar-refractivity contribution in [3.63, 3.8) is 0 Å². The molecule has 3 saturated heterocycles. The number of carbonyl (C=O) groups excluding carboxylic acids is 3. The summed E-state index contributed by atoms with van der Waals surface area (Å²) in [6, 6.07) is 29.0. The van der Waals surface area contributed by atoms with Gasteiger partial charge in [0.1, 0.15) is 30.3 Å². The molecule has 14 nitrogen and oxygen atoms in total. The molecule has 0 saturated carbocycles. The predicted octanol–water partition coefficient (Wildman–Crippen LogP) is 5.49. The van der Waals surface area contributed by atoms with Gasteiger partial charge in [0.2, 0.25) is 5.56 Å². The standard InChI is InChI=1S/C47H53N5O9/c1-30(46(57)59-25-6-5-22-48-27-40(54)37-16-18-39(53)44-38(37)17-19-42(55)50-44)49-45(56)34-14-12-31(13-15-34)29-60-36-11-7-10-35(26-36)43(33-8-3-2-4-9-33)51-47(58)61-41-28-52-23-20-32(41)21-24-52/h2-4,7-19,26,30,32,40-41,43,48,53-54H,5-6,20-25,27-29H2,1H3,(H,49,56)(H,50,55)(H,51,58)/t30?,40-,41-,43-/m0/s1. The Morgan fingerprint density at radius 1 is 0.885 bits per heavy atom. The fraction of sp³-hybridized carbons (Fsp3) is 0.362. The molecule has 3 fully saturated rings. The molecular weight excluding hydrogens is 779 g/mol. The van der Waals surface area contributed by atoms with Crippen molar-refractivity contribution >= 4 is 28.9 Å². The number of benzene rings is 4. The number of nitrogens with one attached hydrogen (secondary N) is 4. The number of rotatable bonds is 18. The number of hydrogen-bond donors (Lipinski definition) is 6. The monoisotopic (exact) mass is 831 g/mol. The first kappa shape index (κ1) is 42.9. The van der Waals surface area contributed by atoms with Gasteiger partial charge in [-0.15, -0.1) is 0 Å². The SMILES string of the molecule is CC(NC(=O)c1ccc(COc2cccc([C@@H](NC(=O)O[C@H]3CN4CCC3CC4)c3ccccc3)c2)cc1)C(=O)OCCCCNC[C@H](O)c1ccc(O)c2[nH]c(=O)ccc12. The average Bonchev–Trinajstić information content (AvgIpc) is 3.28. The maximum Gasteiger partial charge on any atom is 0.408 e. The molecule has 5 aromatic rings. The molecule has 3 aliphatic rings. The Morgan fingerprint density at radius 2 is 1.66 bits per heavy atom. The van der Waals surface area contributed by atoms with E-state index >= 15 is 0 Å². The van der Waals surface area contributed by atoms with Crippen LogP contribution in [0.5, 0.6) is 11.5 Å². The molecule has 2 amide bonds. The molecular formula is C47H53N5O9. The molecule has 4 aromatic carbocycles. The summed E-state index contributed by atoms with van der Waals surface area (Å²) >= 11 is 0. The van der Waals surface area contributed by atoms with Crippen LogP contribution in [-0.4, -0.2) is 89.5 Å². The molecule has 320 valence electrons. The lowest BCUT2D eigenvalue weighted by molar-refractivity contribution is -0.145. The Bertz CT molecular complexity index is 2330. The van der Waals surface area contributed by atoms with E-state index in [2.05, 4.69) is 25.8 Å². The Hall–Kier alpha value is -6.22. The third-order valence-corrected chi connectivity index (χ3v) is 11.4. The van der Waals surface area contributed by atoms with Gasteiger partial charge in [-0.1, -0.05) is 60.7 Å². The van der Waals surface area contributed by atoms with E-state index in [4.69, 9.17) is 14.2 Å². The highest BCUT2D eigenvalue weighted by Crippen LogP contribution is 2.31. The lowest BCUT2D eigenvalue weighted by Crippen LogP contribution is -2.52. The van der Waals surface area contributed by atoms with Gasteiger partial charge in [0.05, 0.1) is 24.3 Å². The molecule has 1 aromatic heterocycles. The summed E-state index contributed by atoms with van der Waals surface area (Å²) in [6.45, 7) is 5.71. The van der Waals surface area contributed by atoms with Crippen LogP contribution in [0.25, 0.3) is 10.9 Å². The second kappa shape index (κ2) is 20.4. The zero-order valence-corrected chi connectivity index (χ0v) is 34.2. The molecule has 4 atom stereocenters. The lowest BCUT2D eigenvalue weighted by Gasteiger charge is -2.43. The van der Waals surface area contributed by atoms with E-state index in [1.165, 1.54) is 12.1 Å². The van der Waals surface area contributed by atoms with Crippen molar-refractivity contribution in [3.8, 4) is 11.5 Å². The lowest BCUT2D eigenvalue weighted by atomic mass is 9.86. The maximum atomic E-state index is 13.2. The summed E-state index contributed by atoms with van der Waals surface area (Å²) in [5.41, 5.74) is 3.49. The smallest absolute Gasteiger partial charge is 0.408 e. The van der Waals surface area contributed by atoms with Crippen LogP contribution in [-0.2, 0) is 20.9 Å². The van der Waals surface area contributed by atoms with E-state index in [0.29, 0.717) is 47.6 Å². The number of H-pyrrole nitrogens is 1. The number of nitrogens with zero attached hydrogens (tertiary/aromatic N) is 1. The summed E-state index contributed by atoms with van der Waals surface area (Å²) in [4.78, 5) is 55.4. The number of phenolic OH excluding ortho intramolecular Hbond substituents is 1. The van der Waals surface area contributed by atoms with Crippen molar-refractivity contribution in [2.75, 3.05) is 39.3 Å². The topological polar surface area (TPSA) is 192 Å². The Labute approximate surface area is 354 Å². The predicted molar refractivity (Wildman–Crippen MR) is 229 cm³/mol. The maximum absolute atomic E-state index is 13.2. The molecule has 0 radical (unpaired) electrons. The van der Waals surface area contributed by atoms with Gasteiger partial charge >= 0.3 is 12.1 Å². The molecule has 6 N–H and O–H groups in total. The second-order valence-electron chi connectivity index (χ2n) is 15.7. The number of aliphatic hydroxyl groups excluding tert-OH is 1. The number of pyridine rings is 1. The Kier molecular flexibility index (Phi) is 14.3. The van der Waals surface area contributed by atoms with Crippen molar-refractivity contribution in [2.45, 2.75) is 63.5 Å². The van der Waals surface area contributed by atoms with Crippen LogP contribution >= 0.6 is 0 Å². The molecule has 61 heavy (non-hydrogen) atoms. The number of amides is 2. The van der Waals surface area contributed by atoms with Crippen LogP contribution < -0.4 is 26.2 Å². The molecule has 8 rings (SSSR count). The quantitative estimate of drug-likeness (QED) is 0.0484. The number of aromatic nitrogens is 1. The minimum Gasteiger partial charge on any atom is -0.506 e. The van der Waals surface area contributed by atoms with Crippen LogP contribution in [0.2, 0.25) is 0 Å². The molecule has 14 heteroatoms. The van der Waals surface area contributed by atoms with Gasteiger partial charge in [0.15, 0.2) is 0 Å². The van der Waals surface area contributed by atoms with Gasteiger partial charge in [0, 0.05) is 30.1 Å².